The van der Waals surface area contributed by atoms with Gasteiger partial charge >= 0.3 is 0 Å². The Balaban J connectivity index is 1.82. The summed E-state index contributed by atoms with van der Waals surface area (Å²) in [6.45, 7) is 3.67. The maximum absolute atomic E-state index is 3.66. The predicted octanol–water partition coefficient (Wildman–Crippen LogP) is 2.88. The second kappa shape index (κ2) is 4.38. The van der Waals surface area contributed by atoms with Gasteiger partial charge in [-0.15, -0.1) is 0 Å². The largest absolute Gasteiger partial charge is 0.383 e. The minimum absolute atomic E-state index is 0.689. The molecule has 2 heterocycles. The number of rotatable bonds is 1. The van der Waals surface area contributed by atoms with Crippen molar-refractivity contribution >= 4 is 21.6 Å². The Labute approximate surface area is 105 Å². The Bertz CT molecular complexity index is 386. The van der Waals surface area contributed by atoms with Gasteiger partial charge in [-0.25, -0.2) is 0 Å². The van der Waals surface area contributed by atoms with Gasteiger partial charge in [0.1, 0.15) is 0 Å². The average molecular weight is 281 g/mol. The van der Waals surface area contributed by atoms with Gasteiger partial charge in [-0.05, 0) is 50.0 Å². The number of benzene rings is 1. The van der Waals surface area contributed by atoms with Gasteiger partial charge in [0.2, 0.25) is 0 Å². The number of fused-ring (bicyclic) bond motifs is 1. The quantitative estimate of drug-likeness (QED) is 0.851. The summed E-state index contributed by atoms with van der Waals surface area (Å²) >= 11 is 3.66. The molecule has 0 radical (unpaired) electrons. The van der Waals surface area contributed by atoms with E-state index in [1.165, 1.54) is 48.1 Å². The summed E-state index contributed by atoms with van der Waals surface area (Å²) in [7, 11) is 0. The van der Waals surface area contributed by atoms with Crippen molar-refractivity contribution in [2.75, 3.05) is 25.0 Å². The van der Waals surface area contributed by atoms with Gasteiger partial charge < -0.3 is 5.32 Å². The van der Waals surface area contributed by atoms with E-state index in [2.05, 4.69) is 44.3 Å². The lowest BCUT2D eigenvalue weighted by Crippen LogP contribution is -2.42. The molecule has 0 aliphatic carbocycles. The number of anilines is 1. The van der Waals surface area contributed by atoms with Crippen LogP contribution >= 0.6 is 15.9 Å². The van der Waals surface area contributed by atoms with Crippen LogP contribution in [0.25, 0.3) is 0 Å². The van der Waals surface area contributed by atoms with Crippen LogP contribution in [-0.2, 0) is 6.42 Å². The third-order valence-corrected chi connectivity index (χ3v) is 4.49. The summed E-state index contributed by atoms with van der Waals surface area (Å²) in [6, 6.07) is 7.12. The molecule has 3 heteroatoms. The minimum atomic E-state index is 0.689. The first-order chi connectivity index (χ1) is 7.84. The molecular formula is C13H17BrN2. The number of likely N-dealkylation sites (tertiary alicyclic amines) is 1. The zero-order valence-electron chi connectivity index (χ0n) is 9.38. The summed E-state index contributed by atoms with van der Waals surface area (Å²) in [5, 5.41) is 3.56. The smallest absolute Gasteiger partial charge is 0.0385 e. The van der Waals surface area contributed by atoms with Crippen LogP contribution < -0.4 is 5.32 Å². The van der Waals surface area contributed by atoms with Crippen molar-refractivity contribution in [3.8, 4) is 0 Å². The lowest BCUT2D eigenvalue weighted by Gasteiger charge is -2.33. The van der Waals surface area contributed by atoms with E-state index in [0.717, 1.165) is 6.54 Å². The summed E-state index contributed by atoms with van der Waals surface area (Å²) in [4.78, 5) is 2.63. The van der Waals surface area contributed by atoms with Crippen molar-refractivity contribution in [1.29, 1.82) is 0 Å². The zero-order valence-corrected chi connectivity index (χ0v) is 11.0. The second-order valence-electron chi connectivity index (χ2n) is 4.75. The summed E-state index contributed by atoms with van der Waals surface area (Å²) in [6.07, 6.45) is 3.93. The lowest BCUT2D eigenvalue weighted by atomic mass is 9.99. The van der Waals surface area contributed by atoms with Crippen LogP contribution in [0.15, 0.2) is 22.7 Å². The Morgan fingerprint density at radius 2 is 2.06 bits per heavy atom. The molecule has 0 saturated carbocycles. The Morgan fingerprint density at radius 3 is 2.88 bits per heavy atom. The monoisotopic (exact) mass is 280 g/mol. The third-order valence-electron chi connectivity index (χ3n) is 3.74. The molecule has 0 spiro atoms. The molecule has 2 aliphatic rings. The normalized spacial score (nSPS) is 25.2. The first-order valence-electron chi connectivity index (χ1n) is 6.10. The Kier molecular flexibility index (Phi) is 2.90. The number of nitrogens with zero attached hydrogens (tertiary/aromatic N) is 1. The van der Waals surface area contributed by atoms with Gasteiger partial charge in [0.25, 0.3) is 0 Å². The molecule has 1 unspecified atom stereocenters. The molecule has 0 amide bonds. The molecule has 1 N–H and O–H groups in total. The maximum Gasteiger partial charge on any atom is 0.0385 e. The van der Waals surface area contributed by atoms with E-state index in [1.807, 2.05) is 0 Å². The van der Waals surface area contributed by atoms with Crippen molar-refractivity contribution in [3.63, 3.8) is 0 Å². The van der Waals surface area contributed by atoms with E-state index in [1.54, 1.807) is 0 Å². The van der Waals surface area contributed by atoms with E-state index in [0.29, 0.717) is 6.04 Å². The molecule has 1 aromatic rings. The fourth-order valence-corrected chi connectivity index (χ4v) is 3.36. The highest BCUT2D eigenvalue weighted by atomic mass is 79.9. The first kappa shape index (κ1) is 10.6. The fourth-order valence-electron chi connectivity index (χ4n) is 2.83. The molecular weight excluding hydrogens is 264 g/mol. The van der Waals surface area contributed by atoms with Crippen molar-refractivity contribution in [3.05, 3.63) is 28.2 Å². The summed E-state index contributed by atoms with van der Waals surface area (Å²) in [5.74, 6) is 0. The highest BCUT2D eigenvalue weighted by molar-refractivity contribution is 9.10. The third kappa shape index (κ3) is 1.87. The van der Waals surface area contributed by atoms with Crippen LogP contribution in [0.2, 0.25) is 0 Å². The van der Waals surface area contributed by atoms with Crippen molar-refractivity contribution in [1.82, 2.24) is 4.90 Å². The molecule has 86 valence electrons. The van der Waals surface area contributed by atoms with E-state index < -0.39 is 0 Å². The van der Waals surface area contributed by atoms with E-state index >= 15 is 0 Å². The van der Waals surface area contributed by atoms with Gasteiger partial charge in [-0.3, -0.25) is 4.90 Å². The second-order valence-corrected chi connectivity index (χ2v) is 5.60. The van der Waals surface area contributed by atoms with Crippen LogP contribution in [-0.4, -0.2) is 30.6 Å². The SMILES string of the molecule is Brc1cccc2c1CC(N1CCCC1)CN2. The van der Waals surface area contributed by atoms with E-state index in [4.69, 9.17) is 0 Å². The maximum atomic E-state index is 3.66. The molecule has 0 bridgehead atoms. The molecule has 16 heavy (non-hydrogen) atoms. The molecule has 3 rings (SSSR count). The van der Waals surface area contributed by atoms with Crippen LogP contribution in [0.3, 0.4) is 0 Å². The summed E-state index contributed by atoms with van der Waals surface area (Å²) in [5.41, 5.74) is 2.76. The van der Waals surface area contributed by atoms with Gasteiger partial charge in [0.05, 0.1) is 0 Å². The van der Waals surface area contributed by atoms with Gasteiger partial charge in [-0.1, -0.05) is 22.0 Å². The Hall–Kier alpha value is -0.540. The first-order valence-corrected chi connectivity index (χ1v) is 6.89. The summed E-state index contributed by atoms with van der Waals surface area (Å²) < 4.78 is 1.25. The van der Waals surface area contributed by atoms with Crippen molar-refractivity contribution in [2.45, 2.75) is 25.3 Å². The molecule has 1 atom stereocenters. The molecule has 1 aromatic carbocycles. The molecule has 0 aromatic heterocycles. The number of halogens is 1. The topological polar surface area (TPSA) is 15.3 Å². The lowest BCUT2D eigenvalue weighted by molar-refractivity contribution is 0.247. The van der Waals surface area contributed by atoms with Crippen LogP contribution in [0, 0.1) is 0 Å². The van der Waals surface area contributed by atoms with E-state index in [-0.39, 0.29) is 0 Å². The standard InChI is InChI=1S/C13H17BrN2/c14-12-4-3-5-13-11(12)8-10(9-15-13)16-6-1-2-7-16/h3-5,10,15H,1-2,6-9H2. The van der Waals surface area contributed by atoms with Crippen molar-refractivity contribution < 1.29 is 0 Å². The fraction of sp³-hybridized carbons (Fsp3) is 0.538. The number of hydrogen-bond donors (Lipinski definition) is 1. The molecule has 1 saturated heterocycles. The van der Waals surface area contributed by atoms with Crippen molar-refractivity contribution in [2.24, 2.45) is 0 Å². The number of hydrogen-bond acceptors (Lipinski definition) is 2. The minimum Gasteiger partial charge on any atom is -0.383 e. The van der Waals surface area contributed by atoms with Gasteiger partial charge in [0, 0.05) is 22.7 Å². The van der Waals surface area contributed by atoms with Gasteiger partial charge in [0.15, 0.2) is 0 Å². The highest BCUT2D eigenvalue weighted by Gasteiger charge is 2.26. The molecule has 2 aliphatic heterocycles. The average Bonchev–Trinajstić information content (AvgIpc) is 2.83. The molecule has 1 fully saturated rings. The van der Waals surface area contributed by atoms with Crippen LogP contribution in [0.1, 0.15) is 18.4 Å². The van der Waals surface area contributed by atoms with Crippen LogP contribution in [0.5, 0.6) is 0 Å². The zero-order chi connectivity index (χ0) is 11.0. The number of nitrogens with one attached hydrogen (secondary N) is 1. The predicted molar refractivity (Wildman–Crippen MR) is 70.9 cm³/mol. The van der Waals surface area contributed by atoms with Gasteiger partial charge in [-0.2, -0.15) is 0 Å². The highest BCUT2D eigenvalue weighted by Crippen LogP contribution is 2.31. The Morgan fingerprint density at radius 1 is 1.25 bits per heavy atom. The van der Waals surface area contributed by atoms with Crippen LogP contribution in [0.4, 0.5) is 5.69 Å². The molecule has 2 nitrogen and oxygen atoms in total. The van der Waals surface area contributed by atoms with E-state index in [9.17, 15) is 0 Å².